The highest BCUT2D eigenvalue weighted by Gasteiger charge is 2.30. The Bertz CT molecular complexity index is 929. The fourth-order valence-corrected chi connectivity index (χ4v) is 3.43. The normalized spacial score (nSPS) is 14.8. The van der Waals surface area contributed by atoms with E-state index in [1.165, 1.54) is 4.31 Å². The van der Waals surface area contributed by atoms with Gasteiger partial charge in [-0.15, -0.1) is 0 Å². The molecule has 3 aromatic heterocycles. The Kier molecular flexibility index (Phi) is 2.35. The van der Waals surface area contributed by atoms with Gasteiger partial charge in [0, 0.05) is 18.8 Å². The second-order valence-corrected chi connectivity index (χ2v) is 6.21. The first-order valence-corrected chi connectivity index (χ1v) is 7.72. The van der Waals surface area contributed by atoms with Crippen LogP contribution >= 0.6 is 0 Å². The Morgan fingerprint density at radius 1 is 1.33 bits per heavy atom. The molecule has 0 amide bonds. The van der Waals surface area contributed by atoms with E-state index in [2.05, 4.69) is 20.3 Å². The number of H-pyrrole nitrogens is 1. The average molecular weight is 305 g/mol. The summed E-state index contributed by atoms with van der Waals surface area (Å²) >= 11 is 0. The zero-order valence-corrected chi connectivity index (χ0v) is 11.6. The van der Waals surface area contributed by atoms with E-state index >= 15 is 0 Å². The molecule has 4 heterocycles. The number of rotatable bonds is 2. The number of aromatic nitrogens is 5. The summed E-state index contributed by atoms with van der Waals surface area (Å²) in [6.45, 7) is 0.324. The third-order valence-electron chi connectivity index (χ3n) is 3.50. The second kappa shape index (κ2) is 4.02. The molecule has 3 aromatic rings. The first kappa shape index (κ1) is 12.3. The number of nitrogens with zero attached hydrogens (tertiary/aromatic N) is 5. The third kappa shape index (κ3) is 1.73. The molecule has 0 atom stereocenters. The molecule has 4 rings (SSSR count). The minimum Gasteiger partial charge on any atom is -0.261 e. The van der Waals surface area contributed by atoms with Crippen molar-refractivity contribution in [3.63, 3.8) is 0 Å². The molecule has 0 radical (unpaired) electrons. The summed E-state index contributed by atoms with van der Waals surface area (Å²) in [5.41, 5.74) is 1.96. The van der Waals surface area contributed by atoms with E-state index < -0.39 is 10.2 Å². The number of aromatic amines is 1. The summed E-state index contributed by atoms with van der Waals surface area (Å²) in [6, 6.07) is 1.75. The fourth-order valence-electron chi connectivity index (χ4n) is 2.61. The van der Waals surface area contributed by atoms with Crippen molar-refractivity contribution in [3.05, 3.63) is 30.2 Å². The summed E-state index contributed by atoms with van der Waals surface area (Å²) in [7, 11) is -3.80. The maximum atomic E-state index is 11.7. The molecule has 0 saturated carbocycles. The van der Waals surface area contributed by atoms with Gasteiger partial charge < -0.3 is 0 Å². The fraction of sp³-hybridized carbons (Fsp3) is 0.182. The molecule has 0 bridgehead atoms. The summed E-state index contributed by atoms with van der Waals surface area (Å²) in [5, 5.41) is 16.8. The van der Waals surface area contributed by atoms with Crippen LogP contribution in [0.5, 0.6) is 0 Å². The van der Waals surface area contributed by atoms with Crippen molar-refractivity contribution in [2.45, 2.75) is 6.42 Å². The van der Waals surface area contributed by atoms with Crippen molar-refractivity contribution < 1.29 is 8.42 Å². The highest BCUT2D eigenvalue weighted by atomic mass is 32.2. The maximum Gasteiger partial charge on any atom is 0.299 e. The molecule has 1 aliphatic heterocycles. The van der Waals surface area contributed by atoms with Crippen LogP contribution < -0.4 is 9.44 Å². The van der Waals surface area contributed by atoms with E-state index in [1.807, 2.05) is 0 Å². The molecule has 10 heteroatoms. The maximum absolute atomic E-state index is 11.7. The lowest BCUT2D eigenvalue weighted by Crippen LogP contribution is -2.35. The second-order valence-electron chi connectivity index (χ2n) is 4.73. The van der Waals surface area contributed by atoms with Gasteiger partial charge in [-0.1, -0.05) is 0 Å². The van der Waals surface area contributed by atoms with Crippen LogP contribution in [0.2, 0.25) is 0 Å². The standard InChI is InChI=1S/C11H11N7O2S/c12-21(19,20)17-4-2-7-5-13-11-8(10(7)17)6-15-18(11)9-1-3-14-16-9/h1,3,5-6H,2,4H2,(H,14,16)(H2,12,19,20). The predicted octanol–water partition coefficient (Wildman–Crippen LogP) is -0.290. The molecular weight excluding hydrogens is 294 g/mol. The van der Waals surface area contributed by atoms with Crippen LogP contribution in [-0.4, -0.2) is 39.9 Å². The van der Waals surface area contributed by atoms with Gasteiger partial charge in [0.15, 0.2) is 11.5 Å². The lowest BCUT2D eigenvalue weighted by atomic mass is 10.2. The molecule has 108 valence electrons. The molecule has 0 aromatic carbocycles. The van der Waals surface area contributed by atoms with E-state index in [0.717, 1.165) is 5.56 Å². The lowest BCUT2D eigenvalue weighted by molar-refractivity contribution is 0.594. The first-order chi connectivity index (χ1) is 10.1. The van der Waals surface area contributed by atoms with Crippen LogP contribution in [0.4, 0.5) is 5.69 Å². The number of nitrogens with two attached hydrogens (primary N) is 1. The summed E-state index contributed by atoms with van der Waals surface area (Å²) in [6.07, 6.45) is 5.44. The zero-order chi connectivity index (χ0) is 14.6. The summed E-state index contributed by atoms with van der Waals surface area (Å²) in [5.74, 6) is 0.651. The van der Waals surface area contributed by atoms with Gasteiger partial charge >= 0.3 is 0 Å². The van der Waals surface area contributed by atoms with E-state index in [9.17, 15) is 8.42 Å². The molecule has 0 aliphatic carbocycles. The summed E-state index contributed by atoms with van der Waals surface area (Å²) < 4.78 is 26.2. The Hall–Kier alpha value is -2.46. The van der Waals surface area contributed by atoms with Gasteiger partial charge in [0.2, 0.25) is 0 Å². The average Bonchev–Trinajstić information content (AvgIpc) is 3.15. The highest BCUT2D eigenvalue weighted by Crippen LogP contribution is 2.35. The van der Waals surface area contributed by atoms with Crippen LogP contribution in [0.1, 0.15) is 5.56 Å². The Morgan fingerprint density at radius 3 is 2.90 bits per heavy atom. The molecule has 9 nitrogen and oxygen atoms in total. The quantitative estimate of drug-likeness (QED) is 0.673. The minimum atomic E-state index is -3.80. The van der Waals surface area contributed by atoms with Crippen molar-refractivity contribution in [2.75, 3.05) is 10.8 Å². The van der Waals surface area contributed by atoms with Crippen LogP contribution in [0.3, 0.4) is 0 Å². The molecule has 3 N–H and O–H groups in total. The number of hydrogen-bond donors (Lipinski definition) is 2. The Balaban J connectivity index is 2.00. The van der Waals surface area contributed by atoms with Gasteiger partial charge in [-0.2, -0.15) is 23.3 Å². The van der Waals surface area contributed by atoms with Crippen molar-refractivity contribution in [1.82, 2.24) is 25.0 Å². The van der Waals surface area contributed by atoms with Gasteiger partial charge in [-0.3, -0.25) is 9.40 Å². The number of nitrogens with one attached hydrogen (secondary N) is 1. The van der Waals surface area contributed by atoms with Crippen molar-refractivity contribution in [1.29, 1.82) is 0 Å². The van der Waals surface area contributed by atoms with Gasteiger partial charge in [0.25, 0.3) is 10.2 Å². The molecule has 1 aliphatic rings. The van der Waals surface area contributed by atoms with Crippen LogP contribution in [-0.2, 0) is 16.6 Å². The molecule has 0 spiro atoms. The minimum absolute atomic E-state index is 0.324. The zero-order valence-electron chi connectivity index (χ0n) is 10.8. The molecule has 0 unspecified atom stereocenters. The Morgan fingerprint density at radius 2 is 2.19 bits per heavy atom. The number of hydrogen-bond acceptors (Lipinski definition) is 5. The monoisotopic (exact) mass is 305 g/mol. The van der Waals surface area contributed by atoms with E-state index in [-0.39, 0.29) is 0 Å². The topological polar surface area (TPSA) is 123 Å². The SMILES string of the molecule is NS(=O)(=O)N1CCc2cnc3c(cnn3-c3ccn[nH]3)c21. The van der Waals surface area contributed by atoms with Gasteiger partial charge in [-0.25, -0.2) is 10.1 Å². The Labute approximate surface area is 119 Å². The highest BCUT2D eigenvalue weighted by molar-refractivity contribution is 7.90. The van der Waals surface area contributed by atoms with Gasteiger partial charge in [-0.05, 0) is 12.0 Å². The number of pyridine rings is 1. The smallest absolute Gasteiger partial charge is 0.261 e. The number of fused-ring (bicyclic) bond motifs is 3. The predicted molar refractivity (Wildman–Crippen MR) is 75.2 cm³/mol. The van der Waals surface area contributed by atoms with Gasteiger partial charge in [0.05, 0.1) is 23.5 Å². The van der Waals surface area contributed by atoms with E-state index in [1.54, 1.807) is 29.3 Å². The molecular formula is C11H11N7O2S. The number of anilines is 1. The summed E-state index contributed by atoms with van der Waals surface area (Å²) in [4.78, 5) is 4.38. The first-order valence-electron chi connectivity index (χ1n) is 6.21. The van der Waals surface area contributed by atoms with Crippen LogP contribution in [0.25, 0.3) is 16.9 Å². The molecule has 0 fully saturated rings. The third-order valence-corrected chi connectivity index (χ3v) is 4.48. The van der Waals surface area contributed by atoms with Crippen LogP contribution in [0, 0.1) is 0 Å². The van der Waals surface area contributed by atoms with Crippen molar-refractivity contribution >= 4 is 26.9 Å². The lowest BCUT2D eigenvalue weighted by Gasteiger charge is -2.16. The largest absolute Gasteiger partial charge is 0.299 e. The van der Waals surface area contributed by atoms with Crippen LogP contribution in [0.15, 0.2) is 24.7 Å². The van der Waals surface area contributed by atoms with Crippen molar-refractivity contribution in [3.8, 4) is 5.82 Å². The molecule has 21 heavy (non-hydrogen) atoms. The van der Waals surface area contributed by atoms with E-state index in [0.29, 0.717) is 35.5 Å². The van der Waals surface area contributed by atoms with Crippen molar-refractivity contribution in [2.24, 2.45) is 5.14 Å². The van der Waals surface area contributed by atoms with Gasteiger partial charge in [0.1, 0.15) is 0 Å². The van der Waals surface area contributed by atoms with E-state index in [4.69, 9.17) is 5.14 Å². The molecule has 0 saturated heterocycles.